The van der Waals surface area contributed by atoms with Crippen molar-refractivity contribution in [3.8, 4) is 0 Å². The molecule has 144 valence electrons. The van der Waals surface area contributed by atoms with Gasteiger partial charge in [-0.2, -0.15) is 5.10 Å². The first kappa shape index (κ1) is 19.6. The molecule has 3 aromatic rings. The average molecular weight is 399 g/mol. The van der Waals surface area contributed by atoms with Crippen LogP contribution >= 0.6 is 11.6 Å². The van der Waals surface area contributed by atoms with Gasteiger partial charge in [-0.1, -0.05) is 30.7 Å². The molecule has 7 nitrogen and oxygen atoms in total. The maximum atomic E-state index is 12.4. The van der Waals surface area contributed by atoms with Crippen LogP contribution in [-0.4, -0.2) is 28.1 Å². The Hall–Kier alpha value is -3.19. The topological polar surface area (TPSA) is 93.1 Å². The Kier molecular flexibility index (Phi) is 6.06. The Morgan fingerprint density at radius 2 is 1.96 bits per heavy atom. The number of para-hydroxylation sites is 1. The molecule has 0 aliphatic rings. The molecule has 28 heavy (non-hydrogen) atoms. The Balaban J connectivity index is 1.74. The number of nitrogens with zero attached hydrogens (tertiary/aromatic N) is 2. The Morgan fingerprint density at radius 1 is 1.18 bits per heavy atom. The minimum Gasteiger partial charge on any atom is -0.352 e. The number of fused-ring (bicyclic) bond motifs is 1. The number of hydrogen-bond donors (Lipinski definition) is 2. The average Bonchev–Trinajstić information content (AvgIpc) is 2.68. The summed E-state index contributed by atoms with van der Waals surface area (Å²) in [4.78, 5) is 36.3. The molecule has 0 saturated carbocycles. The molecule has 0 atom stereocenters. The van der Waals surface area contributed by atoms with Crippen LogP contribution < -0.4 is 16.1 Å². The van der Waals surface area contributed by atoms with Crippen molar-refractivity contribution in [1.82, 2.24) is 15.1 Å². The second kappa shape index (κ2) is 8.67. The summed E-state index contributed by atoms with van der Waals surface area (Å²) in [5.41, 5.74) is 1.19. The number of amides is 2. The fraction of sp³-hybridized carbons (Fsp3) is 0.200. The van der Waals surface area contributed by atoms with E-state index in [-0.39, 0.29) is 28.8 Å². The number of rotatable bonds is 6. The largest absolute Gasteiger partial charge is 0.352 e. The molecule has 0 spiro atoms. The van der Waals surface area contributed by atoms with E-state index >= 15 is 0 Å². The fourth-order valence-corrected chi connectivity index (χ4v) is 3.00. The van der Waals surface area contributed by atoms with Gasteiger partial charge < -0.3 is 10.6 Å². The zero-order chi connectivity index (χ0) is 20.1. The van der Waals surface area contributed by atoms with Crippen LogP contribution in [-0.2, 0) is 11.3 Å². The number of aromatic nitrogens is 2. The van der Waals surface area contributed by atoms with Crippen molar-refractivity contribution in [2.75, 3.05) is 11.9 Å². The van der Waals surface area contributed by atoms with E-state index in [0.29, 0.717) is 28.7 Å². The van der Waals surface area contributed by atoms with E-state index in [4.69, 9.17) is 11.6 Å². The minimum atomic E-state index is -0.333. The highest BCUT2D eigenvalue weighted by molar-refractivity contribution is 6.34. The van der Waals surface area contributed by atoms with Gasteiger partial charge in [-0.25, -0.2) is 0 Å². The number of carbonyl (C=O) groups is 2. The van der Waals surface area contributed by atoms with Gasteiger partial charge in [-0.15, -0.1) is 0 Å². The summed E-state index contributed by atoms with van der Waals surface area (Å²) < 4.78 is 1.46. The van der Waals surface area contributed by atoms with Crippen LogP contribution in [0, 0.1) is 0 Å². The Labute approximate surface area is 166 Å². The molecule has 2 amide bonds. The van der Waals surface area contributed by atoms with Crippen LogP contribution in [0.25, 0.3) is 10.9 Å². The third-order valence-electron chi connectivity index (χ3n) is 4.09. The monoisotopic (exact) mass is 398 g/mol. The molecule has 0 radical (unpaired) electrons. The molecule has 3 rings (SSSR count). The first-order valence-electron chi connectivity index (χ1n) is 8.82. The molecule has 8 heteroatoms. The van der Waals surface area contributed by atoms with E-state index in [9.17, 15) is 14.4 Å². The molecule has 0 unspecified atom stereocenters. The van der Waals surface area contributed by atoms with E-state index in [1.807, 2.05) is 6.92 Å². The summed E-state index contributed by atoms with van der Waals surface area (Å²) in [6, 6.07) is 11.7. The van der Waals surface area contributed by atoms with E-state index in [2.05, 4.69) is 15.7 Å². The molecular formula is C20H19ClN4O3. The molecule has 0 aliphatic carbocycles. The van der Waals surface area contributed by atoms with Gasteiger partial charge in [0, 0.05) is 17.6 Å². The summed E-state index contributed by atoms with van der Waals surface area (Å²) in [7, 11) is 0. The zero-order valence-electron chi connectivity index (χ0n) is 15.2. The van der Waals surface area contributed by atoms with Gasteiger partial charge in [-0.3, -0.25) is 19.1 Å². The predicted octanol–water partition coefficient (Wildman–Crippen LogP) is 2.83. The van der Waals surface area contributed by atoms with Gasteiger partial charge >= 0.3 is 0 Å². The fourth-order valence-electron chi connectivity index (χ4n) is 2.73. The first-order valence-corrected chi connectivity index (χ1v) is 9.20. The first-order chi connectivity index (χ1) is 13.5. The zero-order valence-corrected chi connectivity index (χ0v) is 16.0. The van der Waals surface area contributed by atoms with Gasteiger partial charge in [0.1, 0.15) is 6.54 Å². The third kappa shape index (κ3) is 4.37. The van der Waals surface area contributed by atoms with E-state index in [0.717, 1.165) is 6.42 Å². The van der Waals surface area contributed by atoms with Crippen molar-refractivity contribution in [1.29, 1.82) is 0 Å². The molecule has 1 aromatic heterocycles. The van der Waals surface area contributed by atoms with E-state index < -0.39 is 0 Å². The van der Waals surface area contributed by atoms with Crippen LogP contribution in [0.5, 0.6) is 0 Å². The number of hydrogen-bond acceptors (Lipinski definition) is 4. The highest BCUT2D eigenvalue weighted by atomic mass is 35.5. The van der Waals surface area contributed by atoms with E-state index in [1.165, 1.54) is 16.9 Å². The Morgan fingerprint density at radius 3 is 2.71 bits per heavy atom. The van der Waals surface area contributed by atoms with Crippen molar-refractivity contribution < 1.29 is 9.59 Å². The summed E-state index contributed by atoms with van der Waals surface area (Å²) >= 11 is 6.18. The molecule has 0 bridgehead atoms. The van der Waals surface area contributed by atoms with Crippen molar-refractivity contribution in [3.63, 3.8) is 0 Å². The number of halogens is 1. The SMILES string of the molecule is CCCNC(=O)c1ccc(NC(=O)Cn2ncc(=O)c3ccccc32)cc1Cl. The van der Waals surface area contributed by atoms with Crippen molar-refractivity contribution in [2.24, 2.45) is 0 Å². The number of benzene rings is 2. The number of carbonyl (C=O) groups excluding carboxylic acids is 2. The van der Waals surface area contributed by atoms with Crippen molar-refractivity contribution in [3.05, 3.63) is 69.5 Å². The lowest BCUT2D eigenvalue weighted by Crippen LogP contribution is -2.24. The standard InChI is InChI=1S/C20H19ClN4O3/c1-2-9-22-20(28)14-8-7-13(10-16(14)21)24-19(27)12-25-17-6-4-3-5-15(17)18(26)11-23-25/h3-8,10-11H,2,9,12H2,1H3,(H,22,28)(H,24,27). The van der Waals surface area contributed by atoms with Crippen LogP contribution in [0.2, 0.25) is 5.02 Å². The lowest BCUT2D eigenvalue weighted by atomic mass is 10.2. The molecule has 0 saturated heterocycles. The molecule has 0 aliphatic heterocycles. The van der Waals surface area contributed by atoms with Crippen LogP contribution in [0.15, 0.2) is 53.5 Å². The second-order valence-corrected chi connectivity index (χ2v) is 6.59. The minimum absolute atomic E-state index is 0.0723. The van der Waals surface area contributed by atoms with Crippen molar-refractivity contribution >= 4 is 40.0 Å². The Bertz CT molecular complexity index is 1090. The second-order valence-electron chi connectivity index (χ2n) is 6.18. The van der Waals surface area contributed by atoms with Crippen LogP contribution in [0.4, 0.5) is 5.69 Å². The summed E-state index contributed by atoms with van der Waals surface area (Å²) in [5.74, 6) is -0.589. The number of nitrogens with one attached hydrogen (secondary N) is 2. The summed E-state index contributed by atoms with van der Waals surface area (Å²) in [6.45, 7) is 2.45. The van der Waals surface area contributed by atoms with Gasteiger partial charge in [0.25, 0.3) is 5.91 Å². The summed E-state index contributed by atoms with van der Waals surface area (Å²) in [6.07, 6.45) is 2.02. The van der Waals surface area contributed by atoms with Crippen molar-refractivity contribution in [2.45, 2.75) is 19.9 Å². The maximum Gasteiger partial charge on any atom is 0.252 e. The lowest BCUT2D eigenvalue weighted by Gasteiger charge is -2.11. The van der Waals surface area contributed by atoms with Gasteiger partial charge in [0.15, 0.2) is 0 Å². The van der Waals surface area contributed by atoms with Crippen LogP contribution in [0.1, 0.15) is 23.7 Å². The molecular weight excluding hydrogens is 380 g/mol. The lowest BCUT2D eigenvalue weighted by molar-refractivity contribution is -0.116. The smallest absolute Gasteiger partial charge is 0.252 e. The maximum absolute atomic E-state index is 12.4. The normalized spacial score (nSPS) is 10.6. The molecule has 2 aromatic carbocycles. The number of anilines is 1. The predicted molar refractivity (Wildman–Crippen MR) is 109 cm³/mol. The molecule has 2 N–H and O–H groups in total. The van der Waals surface area contributed by atoms with Gasteiger partial charge in [-0.05, 0) is 36.8 Å². The van der Waals surface area contributed by atoms with Gasteiger partial charge in [0.2, 0.25) is 11.3 Å². The van der Waals surface area contributed by atoms with Crippen LogP contribution in [0.3, 0.4) is 0 Å². The van der Waals surface area contributed by atoms with E-state index in [1.54, 1.807) is 36.4 Å². The quantitative estimate of drug-likeness (QED) is 0.667. The summed E-state index contributed by atoms with van der Waals surface area (Å²) in [5, 5.41) is 10.3. The molecule has 1 heterocycles. The molecule has 0 fully saturated rings. The highest BCUT2D eigenvalue weighted by Gasteiger charge is 2.12. The van der Waals surface area contributed by atoms with Gasteiger partial charge in [0.05, 0.1) is 22.3 Å². The highest BCUT2D eigenvalue weighted by Crippen LogP contribution is 2.21. The third-order valence-corrected chi connectivity index (χ3v) is 4.40.